The van der Waals surface area contributed by atoms with Crippen molar-refractivity contribution < 1.29 is 9.59 Å². The van der Waals surface area contributed by atoms with E-state index in [0.29, 0.717) is 13.1 Å². The zero-order chi connectivity index (χ0) is 12.1. The van der Waals surface area contributed by atoms with Crippen LogP contribution >= 0.6 is 0 Å². The second kappa shape index (κ2) is 11.6. The van der Waals surface area contributed by atoms with Crippen LogP contribution in [0.1, 0.15) is 38.5 Å². The molecule has 0 heterocycles. The third-order valence-electron chi connectivity index (χ3n) is 2.18. The maximum absolute atomic E-state index is 10.7. The van der Waals surface area contributed by atoms with Crippen LogP contribution in [0.25, 0.3) is 0 Å². The second-order valence-corrected chi connectivity index (χ2v) is 3.48. The second-order valence-electron chi connectivity index (χ2n) is 3.48. The largest absolute Gasteiger partial charge is 0.340 e. The number of rotatable bonds is 9. The zero-order valence-corrected chi connectivity index (χ0v) is 9.57. The SMILES string of the molecule is C=NC(=O)NCCCCCCCCN=C=O. The van der Waals surface area contributed by atoms with Gasteiger partial charge in [-0.05, 0) is 19.6 Å². The number of nitrogens with one attached hydrogen (secondary N) is 1. The summed E-state index contributed by atoms with van der Waals surface area (Å²) in [6, 6.07) is -0.355. The lowest BCUT2D eigenvalue weighted by Crippen LogP contribution is -2.20. The highest BCUT2D eigenvalue weighted by atomic mass is 16.2. The molecule has 90 valence electrons. The van der Waals surface area contributed by atoms with E-state index in [1.54, 1.807) is 0 Å². The van der Waals surface area contributed by atoms with Gasteiger partial charge in [0.25, 0.3) is 0 Å². The van der Waals surface area contributed by atoms with Crippen molar-refractivity contribution in [1.29, 1.82) is 0 Å². The first-order chi connectivity index (χ1) is 7.81. The van der Waals surface area contributed by atoms with E-state index in [1.807, 2.05) is 0 Å². The van der Waals surface area contributed by atoms with E-state index in [2.05, 4.69) is 22.0 Å². The predicted molar refractivity (Wildman–Crippen MR) is 63.6 cm³/mol. The number of unbranched alkanes of at least 4 members (excludes halogenated alkanes) is 5. The topological polar surface area (TPSA) is 70.9 Å². The van der Waals surface area contributed by atoms with Crippen molar-refractivity contribution in [3.63, 3.8) is 0 Å². The lowest BCUT2D eigenvalue weighted by molar-refractivity contribution is 0.249. The average Bonchev–Trinajstić information content (AvgIpc) is 2.31. The van der Waals surface area contributed by atoms with Gasteiger partial charge in [0.05, 0.1) is 6.54 Å². The predicted octanol–water partition coefficient (Wildman–Crippen LogP) is 2.07. The lowest BCUT2D eigenvalue weighted by Gasteiger charge is -2.01. The van der Waals surface area contributed by atoms with Crippen molar-refractivity contribution in [2.75, 3.05) is 13.1 Å². The van der Waals surface area contributed by atoms with Gasteiger partial charge in [-0.25, -0.2) is 19.6 Å². The Labute approximate surface area is 96.1 Å². The molecule has 2 amide bonds. The summed E-state index contributed by atoms with van der Waals surface area (Å²) in [7, 11) is 0. The Balaban J connectivity index is 3.06. The van der Waals surface area contributed by atoms with Crippen LogP contribution in [0, 0.1) is 0 Å². The quantitative estimate of drug-likeness (QED) is 0.370. The molecule has 0 atom stereocenters. The smallest absolute Gasteiger partial charge is 0.336 e. The Kier molecular flexibility index (Phi) is 10.5. The summed E-state index contributed by atoms with van der Waals surface area (Å²) in [5.74, 6) is 0. The van der Waals surface area contributed by atoms with Crippen LogP contribution in [-0.2, 0) is 4.79 Å². The molecule has 0 bridgehead atoms. The highest BCUT2D eigenvalue weighted by Crippen LogP contribution is 2.04. The normalized spacial score (nSPS) is 9.25. The van der Waals surface area contributed by atoms with Crippen molar-refractivity contribution >= 4 is 18.8 Å². The van der Waals surface area contributed by atoms with Crippen molar-refractivity contribution in [2.45, 2.75) is 38.5 Å². The number of aliphatic imine (C=N–C) groups is 2. The number of isocyanates is 1. The van der Waals surface area contributed by atoms with Gasteiger partial charge < -0.3 is 5.32 Å². The van der Waals surface area contributed by atoms with Gasteiger partial charge in [-0.1, -0.05) is 25.7 Å². The first-order valence-electron chi connectivity index (χ1n) is 5.59. The number of hydrogen-bond donors (Lipinski definition) is 1. The first-order valence-corrected chi connectivity index (χ1v) is 5.59. The fourth-order valence-corrected chi connectivity index (χ4v) is 1.32. The molecular formula is C11H19N3O2. The van der Waals surface area contributed by atoms with Crippen LogP contribution in [0.4, 0.5) is 4.79 Å². The minimum absolute atomic E-state index is 0.355. The highest BCUT2D eigenvalue weighted by Gasteiger charge is 1.94. The van der Waals surface area contributed by atoms with E-state index in [4.69, 9.17) is 0 Å². The number of amides is 2. The van der Waals surface area contributed by atoms with Gasteiger partial charge in [0.1, 0.15) is 0 Å². The zero-order valence-electron chi connectivity index (χ0n) is 9.57. The molecule has 0 aliphatic heterocycles. The Hall–Kier alpha value is -1.48. The summed E-state index contributed by atoms with van der Waals surface area (Å²) < 4.78 is 0. The molecule has 0 aromatic rings. The lowest BCUT2D eigenvalue weighted by atomic mass is 10.1. The third-order valence-corrected chi connectivity index (χ3v) is 2.18. The van der Waals surface area contributed by atoms with E-state index in [0.717, 1.165) is 38.5 Å². The average molecular weight is 225 g/mol. The Morgan fingerprint density at radius 3 is 2.38 bits per heavy atom. The standard InChI is InChI=1S/C11H19N3O2/c1-12-11(16)14-9-7-5-3-2-4-6-8-13-10-15/h1-9H2,(H,14,16). The van der Waals surface area contributed by atoms with Crippen molar-refractivity contribution in [3.8, 4) is 0 Å². The highest BCUT2D eigenvalue weighted by molar-refractivity contribution is 5.78. The summed E-state index contributed by atoms with van der Waals surface area (Å²) in [4.78, 5) is 27.1. The molecule has 0 aromatic heterocycles. The van der Waals surface area contributed by atoms with E-state index >= 15 is 0 Å². The molecule has 5 heteroatoms. The number of hydrogen-bond acceptors (Lipinski definition) is 3. The maximum atomic E-state index is 10.7. The summed E-state index contributed by atoms with van der Waals surface area (Å²) in [5.41, 5.74) is 0. The minimum atomic E-state index is -0.355. The van der Waals surface area contributed by atoms with Gasteiger partial charge in [0.15, 0.2) is 0 Å². The Bertz CT molecular complexity index is 248. The monoisotopic (exact) mass is 225 g/mol. The molecule has 0 unspecified atom stereocenters. The van der Waals surface area contributed by atoms with Crippen molar-refractivity contribution in [3.05, 3.63) is 0 Å². The molecule has 16 heavy (non-hydrogen) atoms. The van der Waals surface area contributed by atoms with Crippen molar-refractivity contribution in [1.82, 2.24) is 5.32 Å². The van der Waals surface area contributed by atoms with Crippen LogP contribution in [0.2, 0.25) is 0 Å². The number of carbonyl (C=O) groups excluding carboxylic acids is 2. The molecule has 0 spiro atoms. The molecule has 0 aliphatic rings. The van der Waals surface area contributed by atoms with E-state index in [9.17, 15) is 9.59 Å². The summed E-state index contributed by atoms with van der Waals surface area (Å²) >= 11 is 0. The fraction of sp³-hybridized carbons (Fsp3) is 0.727. The van der Waals surface area contributed by atoms with Gasteiger partial charge in [-0.2, -0.15) is 0 Å². The first kappa shape index (κ1) is 14.5. The molecule has 0 radical (unpaired) electrons. The van der Waals surface area contributed by atoms with Crippen LogP contribution in [-0.4, -0.2) is 31.9 Å². The van der Waals surface area contributed by atoms with Crippen LogP contribution in [0.3, 0.4) is 0 Å². The summed E-state index contributed by atoms with van der Waals surface area (Å²) in [6.07, 6.45) is 7.90. The molecule has 0 aliphatic carbocycles. The molecule has 5 nitrogen and oxygen atoms in total. The van der Waals surface area contributed by atoms with Gasteiger partial charge in [0.2, 0.25) is 6.08 Å². The van der Waals surface area contributed by atoms with Crippen LogP contribution in [0.15, 0.2) is 9.98 Å². The molecule has 1 N–H and O–H groups in total. The number of nitrogens with zero attached hydrogens (tertiary/aromatic N) is 2. The van der Waals surface area contributed by atoms with Gasteiger partial charge in [0, 0.05) is 6.54 Å². The Morgan fingerprint density at radius 1 is 1.12 bits per heavy atom. The molecule has 0 fully saturated rings. The van der Waals surface area contributed by atoms with Crippen LogP contribution in [0.5, 0.6) is 0 Å². The number of carbonyl (C=O) groups is 1. The van der Waals surface area contributed by atoms with Gasteiger partial charge in [-0.3, -0.25) is 0 Å². The minimum Gasteiger partial charge on any atom is -0.336 e. The summed E-state index contributed by atoms with van der Waals surface area (Å²) in [5, 5.41) is 2.63. The molecule has 0 rings (SSSR count). The molecule has 0 saturated heterocycles. The number of urea groups is 1. The van der Waals surface area contributed by atoms with E-state index in [-0.39, 0.29) is 6.03 Å². The van der Waals surface area contributed by atoms with Crippen LogP contribution < -0.4 is 5.32 Å². The van der Waals surface area contributed by atoms with Gasteiger partial charge in [-0.15, -0.1) is 0 Å². The maximum Gasteiger partial charge on any atom is 0.340 e. The molecule has 0 aromatic carbocycles. The summed E-state index contributed by atoms with van der Waals surface area (Å²) in [6.45, 7) is 4.37. The van der Waals surface area contributed by atoms with Crippen molar-refractivity contribution in [2.24, 2.45) is 9.98 Å². The fourth-order valence-electron chi connectivity index (χ4n) is 1.32. The molecular weight excluding hydrogens is 206 g/mol. The Morgan fingerprint density at radius 2 is 1.75 bits per heavy atom. The molecule has 0 saturated carbocycles. The van der Waals surface area contributed by atoms with E-state index < -0.39 is 0 Å². The van der Waals surface area contributed by atoms with E-state index in [1.165, 1.54) is 6.08 Å². The van der Waals surface area contributed by atoms with Gasteiger partial charge >= 0.3 is 6.03 Å². The third kappa shape index (κ3) is 10.6.